The van der Waals surface area contributed by atoms with Crippen molar-refractivity contribution in [1.82, 2.24) is 9.97 Å². The lowest BCUT2D eigenvalue weighted by Gasteiger charge is -1.95. The minimum atomic E-state index is -1.38. The lowest BCUT2D eigenvalue weighted by Crippen LogP contribution is -2.05. The average molecular weight is 226 g/mol. The summed E-state index contributed by atoms with van der Waals surface area (Å²) in [5.41, 5.74) is 0.0340. The molecule has 1 rings (SSSR count). The van der Waals surface area contributed by atoms with E-state index in [1.165, 1.54) is 6.20 Å². The molecule has 0 aliphatic carbocycles. The quantitative estimate of drug-likeness (QED) is 0.501. The summed E-state index contributed by atoms with van der Waals surface area (Å²) < 4.78 is 0. The number of aromatic nitrogens is 2. The topological polar surface area (TPSA) is 124 Å². The van der Waals surface area contributed by atoms with E-state index >= 15 is 0 Å². The first-order valence-electron chi connectivity index (χ1n) is 4.38. The van der Waals surface area contributed by atoms with E-state index in [1.54, 1.807) is 0 Å². The number of H-pyrrole nitrogens is 1. The standard InChI is InChI=1S/C9H10N2O5/c12-2-1-5-4-10-8(11-5)6(9(15)16)3-7(13)14/h3-4,12H,1-2H2,(H,10,11)(H,13,14)(H,15,16). The first-order valence-corrected chi connectivity index (χ1v) is 4.38. The van der Waals surface area contributed by atoms with Gasteiger partial charge in [-0.05, 0) is 0 Å². The second kappa shape index (κ2) is 5.08. The van der Waals surface area contributed by atoms with Crippen molar-refractivity contribution in [2.24, 2.45) is 0 Å². The summed E-state index contributed by atoms with van der Waals surface area (Å²) in [7, 11) is 0. The Morgan fingerprint density at radius 2 is 2.12 bits per heavy atom. The molecule has 0 radical (unpaired) electrons. The van der Waals surface area contributed by atoms with Crippen LogP contribution in [0.25, 0.3) is 5.57 Å². The van der Waals surface area contributed by atoms with E-state index in [9.17, 15) is 9.59 Å². The van der Waals surface area contributed by atoms with Gasteiger partial charge >= 0.3 is 11.9 Å². The number of nitrogens with zero attached hydrogens (tertiary/aromatic N) is 1. The molecule has 0 atom stereocenters. The van der Waals surface area contributed by atoms with Crippen LogP contribution in [-0.2, 0) is 16.0 Å². The number of carboxylic acid groups (broad SMARTS) is 2. The average Bonchev–Trinajstić information content (AvgIpc) is 2.62. The van der Waals surface area contributed by atoms with Crippen LogP contribution in [0.3, 0.4) is 0 Å². The highest BCUT2D eigenvalue weighted by molar-refractivity contribution is 6.18. The largest absolute Gasteiger partial charge is 0.478 e. The number of aliphatic hydroxyl groups is 1. The van der Waals surface area contributed by atoms with E-state index in [1.807, 2.05) is 0 Å². The van der Waals surface area contributed by atoms with Crippen molar-refractivity contribution in [3.8, 4) is 0 Å². The molecule has 0 saturated heterocycles. The van der Waals surface area contributed by atoms with E-state index in [4.69, 9.17) is 15.3 Å². The highest BCUT2D eigenvalue weighted by Crippen LogP contribution is 2.11. The number of hydrogen-bond donors (Lipinski definition) is 4. The third-order valence-electron chi connectivity index (χ3n) is 1.75. The highest BCUT2D eigenvalue weighted by atomic mass is 16.4. The zero-order valence-corrected chi connectivity index (χ0v) is 8.17. The molecule has 0 saturated carbocycles. The molecule has 7 nitrogen and oxygen atoms in total. The molecular weight excluding hydrogens is 216 g/mol. The van der Waals surface area contributed by atoms with Gasteiger partial charge in [0.2, 0.25) is 0 Å². The smallest absolute Gasteiger partial charge is 0.339 e. The van der Waals surface area contributed by atoms with Gasteiger partial charge in [0.1, 0.15) is 11.4 Å². The van der Waals surface area contributed by atoms with Crippen LogP contribution in [0.5, 0.6) is 0 Å². The monoisotopic (exact) mass is 226 g/mol. The third-order valence-corrected chi connectivity index (χ3v) is 1.75. The first kappa shape index (κ1) is 11.9. The molecule has 16 heavy (non-hydrogen) atoms. The Balaban J connectivity index is 3.02. The van der Waals surface area contributed by atoms with Gasteiger partial charge in [0.15, 0.2) is 0 Å². The van der Waals surface area contributed by atoms with Crippen LogP contribution in [0.2, 0.25) is 0 Å². The fourth-order valence-electron chi connectivity index (χ4n) is 1.10. The summed E-state index contributed by atoms with van der Waals surface area (Å²) in [6.07, 6.45) is 2.25. The summed E-state index contributed by atoms with van der Waals surface area (Å²) in [4.78, 5) is 27.5. The van der Waals surface area contributed by atoms with Gasteiger partial charge in [0.25, 0.3) is 0 Å². The zero-order valence-electron chi connectivity index (χ0n) is 8.17. The summed E-state index contributed by atoms with van der Waals surface area (Å²) in [6.45, 7) is -0.116. The highest BCUT2D eigenvalue weighted by Gasteiger charge is 2.15. The second-order valence-corrected chi connectivity index (χ2v) is 2.92. The predicted octanol–water partition coefficient (Wildman–Crippen LogP) is -0.503. The van der Waals surface area contributed by atoms with Crippen LogP contribution in [0.15, 0.2) is 12.3 Å². The number of imidazole rings is 1. The zero-order chi connectivity index (χ0) is 12.1. The maximum absolute atomic E-state index is 10.8. The predicted molar refractivity (Wildman–Crippen MR) is 52.6 cm³/mol. The minimum absolute atomic E-state index is 0.0432. The Bertz CT molecular complexity index is 435. The third kappa shape index (κ3) is 2.92. The Morgan fingerprint density at radius 1 is 1.44 bits per heavy atom. The maximum atomic E-state index is 10.8. The van der Waals surface area contributed by atoms with E-state index in [0.717, 1.165) is 0 Å². The molecule has 1 aromatic heterocycles. The number of aromatic amines is 1. The first-order chi connectivity index (χ1) is 7.54. The van der Waals surface area contributed by atoms with Crippen molar-refractivity contribution in [2.75, 3.05) is 6.61 Å². The molecule has 0 bridgehead atoms. The van der Waals surface area contributed by atoms with Crippen LogP contribution in [0.1, 0.15) is 11.5 Å². The van der Waals surface area contributed by atoms with Crippen molar-refractivity contribution in [1.29, 1.82) is 0 Å². The van der Waals surface area contributed by atoms with Crippen LogP contribution < -0.4 is 0 Å². The number of carbonyl (C=O) groups is 2. The second-order valence-electron chi connectivity index (χ2n) is 2.92. The number of aliphatic hydroxyl groups excluding tert-OH is 1. The van der Waals surface area contributed by atoms with Crippen molar-refractivity contribution in [3.63, 3.8) is 0 Å². The molecule has 0 unspecified atom stereocenters. The fraction of sp³-hybridized carbons (Fsp3) is 0.222. The van der Waals surface area contributed by atoms with Gasteiger partial charge in [-0.3, -0.25) is 0 Å². The lowest BCUT2D eigenvalue weighted by molar-refractivity contribution is -0.133. The molecule has 86 valence electrons. The molecule has 0 amide bonds. The van der Waals surface area contributed by atoms with Gasteiger partial charge in [-0.2, -0.15) is 0 Å². The number of aliphatic carboxylic acids is 2. The molecule has 0 spiro atoms. The van der Waals surface area contributed by atoms with Crippen molar-refractivity contribution in [2.45, 2.75) is 6.42 Å². The molecule has 7 heteroatoms. The number of nitrogens with one attached hydrogen (secondary N) is 1. The Hall–Kier alpha value is -2.15. The van der Waals surface area contributed by atoms with Crippen LogP contribution in [0, 0.1) is 0 Å². The van der Waals surface area contributed by atoms with Gasteiger partial charge in [0.05, 0.1) is 5.69 Å². The molecule has 0 aliphatic rings. The van der Waals surface area contributed by atoms with Crippen molar-refractivity contribution in [3.05, 3.63) is 23.8 Å². The van der Waals surface area contributed by atoms with Gasteiger partial charge in [-0.1, -0.05) is 0 Å². The molecule has 1 aromatic rings. The molecule has 0 aromatic carbocycles. The number of carboxylic acids is 2. The number of rotatable bonds is 5. The van der Waals surface area contributed by atoms with Gasteiger partial charge < -0.3 is 20.3 Å². The molecule has 4 N–H and O–H groups in total. The maximum Gasteiger partial charge on any atom is 0.339 e. The van der Waals surface area contributed by atoms with Crippen LogP contribution in [0.4, 0.5) is 0 Å². The Kier molecular flexibility index (Phi) is 3.78. The molecular formula is C9H10N2O5. The van der Waals surface area contributed by atoms with Gasteiger partial charge in [-0.15, -0.1) is 0 Å². The Labute approximate surface area is 90.1 Å². The van der Waals surface area contributed by atoms with Gasteiger partial charge in [-0.25, -0.2) is 14.6 Å². The van der Waals surface area contributed by atoms with Gasteiger partial charge in [0, 0.05) is 25.3 Å². The Morgan fingerprint density at radius 3 is 2.62 bits per heavy atom. The normalized spacial score (nSPS) is 11.4. The molecule has 0 aliphatic heterocycles. The van der Waals surface area contributed by atoms with Crippen LogP contribution >= 0.6 is 0 Å². The SMILES string of the molecule is O=C(O)C=C(C(=O)O)c1nc(CCO)c[nH]1. The fourth-order valence-corrected chi connectivity index (χ4v) is 1.10. The molecule has 0 fully saturated rings. The van der Waals surface area contributed by atoms with E-state index in [-0.39, 0.29) is 18.9 Å². The van der Waals surface area contributed by atoms with Crippen LogP contribution in [-0.4, -0.2) is 43.8 Å². The van der Waals surface area contributed by atoms with Crippen molar-refractivity contribution < 1.29 is 24.9 Å². The minimum Gasteiger partial charge on any atom is -0.478 e. The van der Waals surface area contributed by atoms with E-state index in [0.29, 0.717) is 11.8 Å². The van der Waals surface area contributed by atoms with Crippen molar-refractivity contribution >= 4 is 17.5 Å². The summed E-state index contributed by atoms with van der Waals surface area (Å²) in [6, 6.07) is 0. The summed E-state index contributed by atoms with van der Waals surface area (Å²) in [5, 5.41) is 25.9. The lowest BCUT2D eigenvalue weighted by atomic mass is 10.2. The van der Waals surface area contributed by atoms with E-state index < -0.39 is 17.5 Å². The summed E-state index contributed by atoms with van der Waals surface area (Å²) >= 11 is 0. The molecule has 1 heterocycles. The van der Waals surface area contributed by atoms with E-state index in [2.05, 4.69) is 9.97 Å². The summed E-state index contributed by atoms with van der Waals surface area (Å²) in [5.74, 6) is -2.79. The number of hydrogen-bond acceptors (Lipinski definition) is 4.